The fraction of sp³-hybridized carbons (Fsp3) is 0.800. The minimum atomic E-state index is -0.732. The maximum absolute atomic E-state index is 10.3. The first-order chi connectivity index (χ1) is 4.22. The van der Waals surface area contributed by atoms with Gasteiger partial charge in [-0.05, 0) is 12.8 Å². The van der Waals surface area contributed by atoms with Crippen molar-refractivity contribution in [3.8, 4) is 0 Å². The Bertz CT molecular complexity index is 128. The lowest BCUT2D eigenvalue weighted by atomic mass is 10.2. The molecule has 1 saturated heterocycles. The number of carbonyl (C=O) groups is 1. The fourth-order valence-corrected chi connectivity index (χ4v) is 1.61. The molecule has 4 heteroatoms. The average Bonchev–Trinajstić information content (AvgIpc) is 2.13. The van der Waals surface area contributed by atoms with Crippen molar-refractivity contribution in [3.63, 3.8) is 0 Å². The van der Waals surface area contributed by atoms with Gasteiger partial charge in [0.05, 0.1) is 0 Å². The molecule has 0 amide bonds. The maximum Gasteiger partial charge on any atom is 0.321 e. The van der Waals surface area contributed by atoms with E-state index in [4.69, 9.17) is 5.11 Å². The van der Waals surface area contributed by atoms with Crippen LogP contribution in [0.5, 0.6) is 0 Å². The number of aliphatic carboxylic acids is 1. The summed E-state index contributed by atoms with van der Waals surface area (Å²) >= 11 is 3.16. The number of halogens is 1. The third-order valence-electron chi connectivity index (χ3n) is 1.47. The molecule has 3 nitrogen and oxygen atoms in total. The molecule has 0 bridgehead atoms. The molecule has 1 fully saturated rings. The number of hydrogen-bond donors (Lipinski definition) is 1. The fourth-order valence-electron chi connectivity index (χ4n) is 0.975. The van der Waals surface area contributed by atoms with Gasteiger partial charge in [0.1, 0.15) is 6.04 Å². The van der Waals surface area contributed by atoms with Crippen LogP contribution >= 0.6 is 16.1 Å². The predicted octanol–water partition coefficient (Wildman–Crippen LogP) is 0.845. The van der Waals surface area contributed by atoms with Crippen molar-refractivity contribution in [3.05, 3.63) is 0 Å². The molecule has 9 heavy (non-hydrogen) atoms. The lowest BCUT2D eigenvalue weighted by Gasteiger charge is -2.10. The molecule has 1 aliphatic heterocycles. The Morgan fingerprint density at radius 2 is 2.44 bits per heavy atom. The standard InChI is InChI=1S/C5H8BrNO2/c6-7-3-1-2-4(7)5(8)9/h4H,1-3H2,(H,8,9)/t4-/m0/s1. The third kappa shape index (κ3) is 1.43. The molecule has 1 N–H and O–H groups in total. The van der Waals surface area contributed by atoms with Crippen LogP contribution in [-0.4, -0.2) is 27.6 Å². The van der Waals surface area contributed by atoms with Gasteiger partial charge in [0.2, 0.25) is 0 Å². The Morgan fingerprint density at radius 1 is 1.78 bits per heavy atom. The van der Waals surface area contributed by atoms with Crippen molar-refractivity contribution in [1.29, 1.82) is 0 Å². The van der Waals surface area contributed by atoms with E-state index >= 15 is 0 Å². The normalized spacial score (nSPS) is 28.8. The Labute approximate surface area is 62.0 Å². The molecule has 0 unspecified atom stereocenters. The summed E-state index contributed by atoms with van der Waals surface area (Å²) in [5.74, 6) is -0.732. The minimum Gasteiger partial charge on any atom is -0.480 e. The topological polar surface area (TPSA) is 40.5 Å². The second kappa shape index (κ2) is 2.66. The summed E-state index contributed by atoms with van der Waals surface area (Å²) in [6, 6.07) is -0.301. The first-order valence-electron chi connectivity index (χ1n) is 2.87. The van der Waals surface area contributed by atoms with Crippen LogP contribution in [0.25, 0.3) is 0 Å². The van der Waals surface area contributed by atoms with Crippen molar-refractivity contribution in [2.24, 2.45) is 0 Å². The van der Waals surface area contributed by atoms with Crippen LogP contribution < -0.4 is 0 Å². The van der Waals surface area contributed by atoms with Gasteiger partial charge >= 0.3 is 5.97 Å². The monoisotopic (exact) mass is 193 g/mol. The summed E-state index contributed by atoms with van der Waals surface area (Å²) in [4.78, 5) is 10.3. The van der Waals surface area contributed by atoms with Gasteiger partial charge in [0, 0.05) is 22.7 Å². The molecule has 0 aromatic rings. The van der Waals surface area contributed by atoms with Crippen LogP contribution in [0.1, 0.15) is 12.8 Å². The largest absolute Gasteiger partial charge is 0.480 e. The summed E-state index contributed by atoms with van der Waals surface area (Å²) in [5, 5.41) is 8.51. The van der Waals surface area contributed by atoms with Gasteiger partial charge < -0.3 is 5.11 Å². The Balaban J connectivity index is 2.49. The summed E-state index contributed by atoms with van der Waals surface area (Å²) in [6.07, 6.45) is 1.74. The van der Waals surface area contributed by atoms with Gasteiger partial charge in [0.25, 0.3) is 0 Å². The number of carboxylic acids is 1. The molecule has 0 spiro atoms. The van der Waals surface area contributed by atoms with E-state index in [9.17, 15) is 4.79 Å². The highest BCUT2D eigenvalue weighted by molar-refractivity contribution is 9.07. The van der Waals surface area contributed by atoms with Crippen molar-refractivity contribution < 1.29 is 9.90 Å². The average molecular weight is 194 g/mol. The van der Waals surface area contributed by atoms with Crippen LogP contribution in [-0.2, 0) is 4.79 Å². The minimum absolute atomic E-state index is 0.301. The molecule has 0 aromatic carbocycles. The highest BCUT2D eigenvalue weighted by Gasteiger charge is 2.28. The first kappa shape index (κ1) is 7.02. The second-order valence-electron chi connectivity index (χ2n) is 2.12. The number of rotatable bonds is 1. The van der Waals surface area contributed by atoms with Gasteiger partial charge in [-0.2, -0.15) is 0 Å². The van der Waals surface area contributed by atoms with Gasteiger partial charge in [-0.15, -0.1) is 0 Å². The summed E-state index contributed by atoms with van der Waals surface area (Å²) in [7, 11) is 0. The molecule has 1 aliphatic rings. The molecule has 0 saturated carbocycles. The zero-order valence-corrected chi connectivity index (χ0v) is 6.47. The van der Waals surface area contributed by atoms with Gasteiger partial charge in [-0.3, -0.25) is 4.79 Å². The van der Waals surface area contributed by atoms with Crippen molar-refractivity contribution in [2.75, 3.05) is 6.54 Å². The molecule has 0 radical (unpaired) electrons. The lowest BCUT2D eigenvalue weighted by molar-refractivity contribution is -0.140. The number of carboxylic acid groups (broad SMARTS) is 1. The predicted molar refractivity (Wildman–Crippen MR) is 36.3 cm³/mol. The Morgan fingerprint density at radius 3 is 2.67 bits per heavy atom. The van der Waals surface area contributed by atoms with E-state index < -0.39 is 5.97 Å². The smallest absolute Gasteiger partial charge is 0.321 e. The molecule has 1 atom stereocenters. The van der Waals surface area contributed by atoms with Crippen molar-refractivity contribution >= 4 is 22.1 Å². The summed E-state index contributed by atoms with van der Waals surface area (Å²) in [5.41, 5.74) is 0. The van der Waals surface area contributed by atoms with E-state index in [1.165, 1.54) is 0 Å². The van der Waals surface area contributed by atoms with E-state index in [1.807, 2.05) is 0 Å². The zero-order chi connectivity index (χ0) is 6.85. The van der Waals surface area contributed by atoms with E-state index in [2.05, 4.69) is 16.1 Å². The molecule has 1 rings (SSSR count). The van der Waals surface area contributed by atoms with Crippen LogP contribution in [0.2, 0.25) is 0 Å². The molecular weight excluding hydrogens is 186 g/mol. The SMILES string of the molecule is O=C(O)[C@@H]1CCCN1Br. The lowest BCUT2D eigenvalue weighted by Crippen LogP contribution is -2.28. The Hall–Kier alpha value is -0.0900. The van der Waals surface area contributed by atoms with Gasteiger partial charge in [0.15, 0.2) is 0 Å². The first-order valence-corrected chi connectivity index (χ1v) is 3.58. The quantitative estimate of drug-likeness (QED) is 0.629. The van der Waals surface area contributed by atoms with Crippen molar-refractivity contribution in [2.45, 2.75) is 18.9 Å². The second-order valence-corrected chi connectivity index (χ2v) is 3.03. The molecule has 0 aliphatic carbocycles. The number of nitrogens with zero attached hydrogens (tertiary/aromatic N) is 1. The molecular formula is C5H8BrNO2. The van der Waals surface area contributed by atoms with Gasteiger partial charge in [-0.25, -0.2) is 3.93 Å². The molecule has 1 heterocycles. The summed E-state index contributed by atoms with van der Waals surface area (Å²) < 4.78 is 1.69. The van der Waals surface area contributed by atoms with Crippen LogP contribution in [0, 0.1) is 0 Å². The maximum atomic E-state index is 10.3. The van der Waals surface area contributed by atoms with E-state index in [1.54, 1.807) is 3.93 Å². The summed E-state index contributed by atoms with van der Waals surface area (Å²) in [6.45, 7) is 0.844. The number of hydrogen-bond acceptors (Lipinski definition) is 2. The molecule has 52 valence electrons. The highest BCUT2D eigenvalue weighted by atomic mass is 79.9. The highest BCUT2D eigenvalue weighted by Crippen LogP contribution is 2.20. The van der Waals surface area contributed by atoms with E-state index in [0.717, 1.165) is 19.4 Å². The Kier molecular flexibility index (Phi) is 2.08. The van der Waals surface area contributed by atoms with E-state index in [-0.39, 0.29) is 6.04 Å². The van der Waals surface area contributed by atoms with Crippen LogP contribution in [0.15, 0.2) is 0 Å². The third-order valence-corrected chi connectivity index (χ3v) is 2.32. The van der Waals surface area contributed by atoms with Crippen LogP contribution in [0.3, 0.4) is 0 Å². The van der Waals surface area contributed by atoms with Gasteiger partial charge in [-0.1, -0.05) is 0 Å². The van der Waals surface area contributed by atoms with Crippen molar-refractivity contribution in [1.82, 2.24) is 3.93 Å². The molecule has 0 aromatic heterocycles. The van der Waals surface area contributed by atoms with E-state index in [0.29, 0.717) is 0 Å². The zero-order valence-electron chi connectivity index (χ0n) is 4.88. The van der Waals surface area contributed by atoms with Crippen LogP contribution in [0.4, 0.5) is 0 Å².